The van der Waals surface area contributed by atoms with Crippen LogP contribution in [-0.2, 0) is 21.2 Å². The Balaban J connectivity index is 1.49. The zero-order chi connectivity index (χ0) is 21.6. The summed E-state index contributed by atoms with van der Waals surface area (Å²) < 4.78 is 32.4. The normalized spacial score (nSPS) is 17.5. The van der Waals surface area contributed by atoms with E-state index in [1.54, 1.807) is 31.4 Å². The highest BCUT2D eigenvalue weighted by Crippen LogP contribution is 2.24. The minimum Gasteiger partial charge on any atom is -0.497 e. The first-order valence-corrected chi connectivity index (χ1v) is 11.8. The summed E-state index contributed by atoms with van der Waals surface area (Å²) in [7, 11) is -1.93. The highest BCUT2D eigenvalue weighted by molar-refractivity contribution is 7.89. The van der Waals surface area contributed by atoms with E-state index in [1.165, 1.54) is 9.87 Å². The summed E-state index contributed by atoms with van der Waals surface area (Å²) in [6, 6.07) is 14.8. The monoisotopic (exact) mass is 430 g/mol. The summed E-state index contributed by atoms with van der Waals surface area (Å²) in [5.41, 5.74) is 2.21. The number of amides is 1. The third-order valence-electron chi connectivity index (χ3n) is 5.51. The number of piperidine rings is 1. The second-order valence-corrected chi connectivity index (χ2v) is 9.70. The molecule has 0 aromatic heterocycles. The van der Waals surface area contributed by atoms with Gasteiger partial charge in [-0.25, -0.2) is 8.42 Å². The molecule has 6 nitrogen and oxygen atoms in total. The van der Waals surface area contributed by atoms with Gasteiger partial charge in [-0.3, -0.25) is 4.79 Å². The van der Waals surface area contributed by atoms with Crippen LogP contribution in [0.25, 0.3) is 0 Å². The molecule has 3 rings (SSSR count). The number of nitrogens with zero attached hydrogens (tertiary/aromatic N) is 1. The number of benzene rings is 2. The summed E-state index contributed by atoms with van der Waals surface area (Å²) in [4.78, 5) is 12.9. The van der Waals surface area contributed by atoms with E-state index in [4.69, 9.17) is 4.74 Å². The molecular formula is C23H30N2O4S. The van der Waals surface area contributed by atoms with Gasteiger partial charge in [-0.15, -0.1) is 0 Å². The fraction of sp³-hybridized carbons (Fsp3) is 0.435. The van der Waals surface area contributed by atoms with Gasteiger partial charge in [0, 0.05) is 19.6 Å². The van der Waals surface area contributed by atoms with Crippen LogP contribution in [0.2, 0.25) is 0 Å². The number of hydrogen-bond acceptors (Lipinski definition) is 4. The van der Waals surface area contributed by atoms with Gasteiger partial charge in [-0.1, -0.05) is 29.8 Å². The Morgan fingerprint density at radius 1 is 1.13 bits per heavy atom. The van der Waals surface area contributed by atoms with E-state index in [0.29, 0.717) is 25.9 Å². The van der Waals surface area contributed by atoms with Gasteiger partial charge in [0.05, 0.1) is 17.9 Å². The molecular weight excluding hydrogens is 400 g/mol. The van der Waals surface area contributed by atoms with Crippen LogP contribution in [0.5, 0.6) is 5.75 Å². The molecule has 1 amide bonds. The largest absolute Gasteiger partial charge is 0.497 e. The molecule has 0 aliphatic carbocycles. The second-order valence-electron chi connectivity index (χ2n) is 7.76. The summed E-state index contributed by atoms with van der Waals surface area (Å²) in [6.07, 6.45) is 3.10. The number of methoxy groups -OCH3 is 1. The lowest BCUT2D eigenvalue weighted by molar-refractivity contribution is -0.126. The molecule has 1 heterocycles. The summed E-state index contributed by atoms with van der Waals surface area (Å²) in [5.74, 6) is 0.461. The molecule has 2 aromatic carbocycles. The van der Waals surface area contributed by atoms with Crippen molar-refractivity contribution in [3.05, 3.63) is 59.7 Å². The third kappa shape index (κ3) is 5.61. The van der Waals surface area contributed by atoms with Crippen molar-refractivity contribution in [3.8, 4) is 5.75 Å². The standard InChI is InChI=1S/C23H30N2O4S/c1-18-7-13-22(14-8-18)30(27,28)25-16-4-6-20(17-25)23(26)24-15-3-5-19-9-11-21(29-2)12-10-19/h7-14,20H,3-6,15-17H2,1-2H3,(H,24,26)/t20-/m1/s1. The van der Waals surface area contributed by atoms with Gasteiger partial charge >= 0.3 is 0 Å². The lowest BCUT2D eigenvalue weighted by Gasteiger charge is -2.31. The van der Waals surface area contributed by atoms with E-state index in [-0.39, 0.29) is 23.3 Å². The molecule has 1 N–H and O–H groups in total. The summed E-state index contributed by atoms with van der Waals surface area (Å²) >= 11 is 0. The summed E-state index contributed by atoms with van der Waals surface area (Å²) in [6.45, 7) is 3.19. The van der Waals surface area contributed by atoms with Gasteiger partial charge < -0.3 is 10.1 Å². The topological polar surface area (TPSA) is 75.7 Å². The van der Waals surface area contributed by atoms with Gasteiger partial charge in [0.1, 0.15) is 5.75 Å². The molecule has 7 heteroatoms. The van der Waals surface area contributed by atoms with E-state index in [9.17, 15) is 13.2 Å². The molecule has 30 heavy (non-hydrogen) atoms. The van der Waals surface area contributed by atoms with E-state index in [0.717, 1.165) is 24.2 Å². The highest BCUT2D eigenvalue weighted by atomic mass is 32.2. The van der Waals surface area contributed by atoms with Crippen molar-refractivity contribution in [3.63, 3.8) is 0 Å². The average molecular weight is 431 g/mol. The van der Waals surface area contributed by atoms with Crippen LogP contribution in [-0.4, -0.2) is 45.4 Å². The lowest BCUT2D eigenvalue weighted by atomic mass is 9.99. The first-order valence-electron chi connectivity index (χ1n) is 10.4. The Hall–Kier alpha value is -2.38. The van der Waals surface area contributed by atoms with Crippen LogP contribution in [0.3, 0.4) is 0 Å². The van der Waals surface area contributed by atoms with E-state index < -0.39 is 10.0 Å². The van der Waals surface area contributed by atoms with Gasteiger partial charge in [-0.05, 0) is 62.4 Å². The Morgan fingerprint density at radius 3 is 2.50 bits per heavy atom. The maximum absolute atomic E-state index is 12.9. The zero-order valence-electron chi connectivity index (χ0n) is 17.6. The Kier molecular flexibility index (Phi) is 7.50. The van der Waals surface area contributed by atoms with E-state index >= 15 is 0 Å². The van der Waals surface area contributed by atoms with Crippen LogP contribution < -0.4 is 10.1 Å². The number of rotatable bonds is 8. The van der Waals surface area contributed by atoms with Crippen LogP contribution in [0.1, 0.15) is 30.4 Å². The molecule has 1 saturated heterocycles. The summed E-state index contributed by atoms with van der Waals surface area (Å²) in [5, 5.41) is 2.98. The first kappa shape index (κ1) is 22.3. The molecule has 0 saturated carbocycles. The van der Waals surface area contributed by atoms with Crippen molar-refractivity contribution < 1.29 is 17.9 Å². The number of ether oxygens (including phenoxy) is 1. The predicted molar refractivity (Wildman–Crippen MR) is 117 cm³/mol. The minimum absolute atomic E-state index is 0.0615. The van der Waals surface area contributed by atoms with Crippen LogP contribution in [0.15, 0.2) is 53.4 Å². The predicted octanol–water partition coefficient (Wildman–Crippen LogP) is 3.15. The number of sulfonamides is 1. The maximum atomic E-state index is 12.9. The minimum atomic E-state index is -3.57. The molecule has 1 atom stereocenters. The van der Waals surface area contributed by atoms with Crippen molar-refractivity contribution in [2.45, 2.75) is 37.5 Å². The molecule has 0 bridgehead atoms. The van der Waals surface area contributed by atoms with Crippen LogP contribution >= 0.6 is 0 Å². The maximum Gasteiger partial charge on any atom is 0.243 e. The van der Waals surface area contributed by atoms with E-state index in [2.05, 4.69) is 5.32 Å². The molecule has 0 spiro atoms. The van der Waals surface area contributed by atoms with Gasteiger partial charge in [0.25, 0.3) is 0 Å². The quantitative estimate of drug-likeness (QED) is 0.653. The van der Waals surface area contributed by atoms with Crippen molar-refractivity contribution in [1.82, 2.24) is 9.62 Å². The Labute approximate surface area is 179 Å². The smallest absolute Gasteiger partial charge is 0.243 e. The second kappa shape index (κ2) is 10.1. The molecule has 0 unspecified atom stereocenters. The molecule has 0 radical (unpaired) electrons. The van der Waals surface area contributed by atoms with Crippen molar-refractivity contribution in [1.29, 1.82) is 0 Å². The Bertz CT molecular complexity index is 940. The number of hydrogen-bond donors (Lipinski definition) is 1. The zero-order valence-corrected chi connectivity index (χ0v) is 18.5. The van der Waals surface area contributed by atoms with Crippen LogP contribution in [0.4, 0.5) is 0 Å². The first-order chi connectivity index (χ1) is 14.4. The lowest BCUT2D eigenvalue weighted by Crippen LogP contribution is -2.45. The van der Waals surface area contributed by atoms with Crippen molar-refractivity contribution in [2.24, 2.45) is 5.92 Å². The average Bonchev–Trinajstić information content (AvgIpc) is 2.77. The molecule has 2 aromatic rings. The van der Waals surface area contributed by atoms with Crippen molar-refractivity contribution in [2.75, 3.05) is 26.7 Å². The molecule has 1 aliphatic heterocycles. The fourth-order valence-electron chi connectivity index (χ4n) is 3.67. The third-order valence-corrected chi connectivity index (χ3v) is 7.39. The van der Waals surface area contributed by atoms with E-state index in [1.807, 2.05) is 31.2 Å². The van der Waals surface area contributed by atoms with Gasteiger partial charge in [0.2, 0.25) is 15.9 Å². The number of aryl methyl sites for hydroxylation is 2. The Morgan fingerprint density at radius 2 is 1.83 bits per heavy atom. The number of carbonyl (C=O) groups excluding carboxylic acids is 1. The molecule has 1 aliphatic rings. The molecule has 162 valence electrons. The van der Waals surface area contributed by atoms with Crippen molar-refractivity contribution >= 4 is 15.9 Å². The molecule has 1 fully saturated rings. The fourth-order valence-corrected chi connectivity index (χ4v) is 5.20. The van der Waals surface area contributed by atoms with Crippen LogP contribution in [0, 0.1) is 12.8 Å². The number of nitrogens with one attached hydrogen (secondary N) is 1. The van der Waals surface area contributed by atoms with Gasteiger partial charge in [-0.2, -0.15) is 4.31 Å². The SMILES string of the molecule is COc1ccc(CCCNC(=O)[C@@H]2CCCN(S(=O)(=O)c3ccc(C)cc3)C2)cc1. The van der Waals surface area contributed by atoms with Gasteiger partial charge in [0.15, 0.2) is 0 Å². The highest BCUT2D eigenvalue weighted by Gasteiger charge is 2.33. The number of carbonyl (C=O) groups is 1.